The number of hydrogen-bond donors (Lipinski definition) is 1. The van der Waals surface area contributed by atoms with Crippen LogP contribution in [0.4, 0.5) is 5.69 Å². The first-order valence-electron chi connectivity index (χ1n) is 6.82. The summed E-state index contributed by atoms with van der Waals surface area (Å²) in [6, 6.07) is 7.82. The third-order valence-corrected chi connectivity index (χ3v) is 3.59. The lowest BCUT2D eigenvalue weighted by Gasteiger charge is -2.27. The Hall–Kier alpha value is -1.55. The Labute approximate surface area is 114 Å². The number of ether oxygens (including phenoxy) is 1. The fourth-order valence-electron chi connectivity index (χ4n) is 2.57. The Bertz CT molecular complexity index is 459. The van der Waals surface area contributed by atoms with Crippen molar-refractivity contribution in [2.75, 3.05) is 11.4 Å². The molecule has 0 spiro atoms. The Balaban J connectivity index is 2.33. The van der Waals surface area contributed by atoms with E-state index < -0.39 is 0 Å². The van der Waals surface area contributed by atoms with Crippen molar-refractivity contribution < 1.29 is 9.53 Å². The molecular weight excluding hydrogens is 240 g/mol. The molecule has 1 aromatic rings. The van der Waals surface area contributed by atoms with Crippen LogP contribution in [0.1, 0.15) is 27.2 Å². The summed E-state index contributed by atoms with van der Waals surface area (Å²) in [5.74, 6) is 1.11. The summed E-state index contributed by atoms with van der Waals surface area (Å²) < 4.78 is 5.80. The second kappa shape index (κ2) is 5.61. The molecule has 1 heterocycles. The molecule has 2 rings (SSSR count). The van der Waals surface area contributed by atoms with Crippen LogP contribution in [-0.4, -0.2) is 24.6 Å². The summed E-state index contributed by atoms with van der Waals surface area (Å²) in [4.78, 5) is 14.0. The lowest BCUT2D eigenvalue weighted by atomic mass is 10.0. The molecule has 0 radical (unpaired) electrons. The molecular formula is C15H22N2O2. The van der Waals surface area contributed by atoms with Gasteiger partial charge in [-0.3, -0.25) is 4.79 Å². The summed E-state index contributed by atoms with van der Waals surface area (Å²) >= 11 is 0. The number of benzene rings is 1. The van der Waals surface area contributed by atoms with E-state index >= 15 is 0 Å². The highest BCUT2D eigenvalue weighted by Crippen LogP contribution is 2.36. The van der Waals surface area contributed by atoms with Gasteiger partial charge in [-0.2, -0.15) is 0 Å². The van der Waals surface area contributed by atoms with Crippen molar-refractivity contribution in [1.82, 2.24) is 0 Å². The molecule has 19 heavy (non-hydrogen) atoms. The molecule has 1 fully saturated rings. The van der Waals surface area contributed by atoms with Crippen LogP contribution in [0.3, 0.4) is 0 Å². The van der Waals surface area contributed by atoms with E-state index in [4.69, 9.17) is 10.5 Å². The van der Waals surface area contributed by atoms with Crippen molar-refractivity contribution >= 4 is 11.6 Å². The first-order chi connectivity index (χ1) is 9.04. The maximum Gasteiger partial charge on any atom is 0.227 e. The molecule has 0 aromatic heterocycles. The number of nitrogens with zero attached hydrogens (tertiary/aromatic N) is 1. The zero-order chi connectivity index (χ0) is 14.0. The van der Waals surface area contributed by atoms with Gasteiger partial charge in [0.25, 0.3) is 0 Å². The summed E-state index contributed by atoms with van der Waals surface area (Å²) in [7, 11) is 0. The number of para-hydroxylation sites is 2. The molecule has 104 valence electrons. The van der Waals surface area contributed by atoms with E-state index in [2.05, 4.69) is 6.92 Å². The molecule has 4 heteroatoms. The maximum absolute atomic E-state index is 12.2. The third-order valence-electron chi connectivity index (χ3n) is 3.59. The first-order valence-corrected chi connectivity index (χ1v) is 6.82. The predicted molar refractivity (Wildman–Crippen MR) is 76.3 cm³/mol. The molecule has 2 atom stereocenters. The molecule has 0 aliphatic carbocycles. The van der Waals surface area contributed by atoms with Gasteiger partial charge in [0.1, 0.15) is 5.75 Å². The highest BCUT2D eigenvalue weighted by molar-refractivity contribution is 5.97. The van der Waals surface area contributed by atoms with Crippen LogP contribution in [0.25, 0.3) is 0 Å². The molecule has 1 aliphatic heterocycles. The number of anilines is 1. The second-order valence-corrected chi connectivity index (χ2v) is 5.34. The van der Waals surface area contributed by atoms with Gasteiger partial charge < -0.3 is 15.4 Å². The Kier molecular flexibility index (Phi) is 4.10. The fraction of sp³-hybridized carbons (Fsp3) is 0.533. The molecule has 2 unspecified atom stereocenters. The second-order valence-electron chi connectivity index (χ2n) is 5.34. The Morgan fingerprint density at radius 3 is 2.68 bits per heavy atom. The minimum atomic E-state index is 0.0828. The largest absolute Gasteiger partial charge is 0.489 e. The van der Waals surface area contributed by atoms with Gasteiger partial charge in [0.05, 0.1) is 11.8 Å². The van der Waals surface area contributed by atoms with Crippen LogP contribution in [-0.2, 0) is 4.79 Å². The minimum absolute atomic E-state index is 0.0828. The van der Waals surface area contributed by atoms with Gasteiger partial charge >= 0.3 is 0 Å². The fourth-order valence-corrected chi connectivity index (χ4v) is 2.57. The number of amides is 1. The van der Waals surface area contributed by atoms with Crippen LogP contribution in [0.2, 0.25) is 0 Å². The van der Waals surface area contributed by atoms with E-state index in [9.17, 15) is 4.79 Å². The SMILES string of the molecule is CC(C)Oc1ccccc1N1C(=O)CC(CN)C1C. The van der Waals surface area contributed by atoms with E-state index in [1.807, 2.05) is 43.0 Å². The van der Waals surface area contributed by atoms with E-state index in [1.165, 1.54) is 0 Å². The number of rotatable bonds is 4. The number of carbonyl (C=O) groups excluding carboxylic acids is 1. The highest BCUT2D eigenvalue weighted by atomic mass is 16.5. The minimum Gasteiger partial charge on any atom is -0.489 e. The first kappa shape index (κ1) is 13.9. The van der Waals surface area contributed by atoms with Crippen LogP contribution in [0.5, 0.6) is 5.75 Å². The van der Waals surface area contributed by atoms with Gasteiger partial charge in [0.2, 0.25) is 5.91 Å². The van der Waals surface area contributed by atoms with Gasteiger partial charge in [0, 0.05) is 18.4 Å². The summed E-state index contributed by atoms with van der Waals surface area (Å²) in [6.07, 6.45) is 0.604. The summed E-state index contributed by atoms with van der Waals surface area (Å²) in [5.41, 5.74) is 6.59. The Morgan fingerprint density at radius 1 is 1.42 bits per heavy atom. The molecule has 1 aromatic carbocycles. The van der Waals surface area contributed by atoms with E-state index in [-0.39, 0.29) is 24.0 Å². The quantitative estimate of drug-likeness (QED) is 0.904. The van der Waals surface area contributed by atoms with E-state index in [0.717, 1.165) is 11.4 Å². The van der Waals surface area contributed by atoms with Crippen molar-refractivity contribution in [3.63, 3.8) is 0 Å². The third kappa shape index (κ3) is 2.73. The van der Waals surface area contributed by atoms with Gasteiger partial charge in [-0.05, 0) is 39.4 Å². The zero-order valence-corrected chi connectivity index (χ0v) is 11.8. The van der Waals surface area contributed by atoms with Crippen LogP contribution >= 0.6 is 0 Å². The monoisotopic (exact) mass is 262 g/mol. The van der Waals surface area contributed by atoms with Crippen molar-refractivity contribution in [1.29, 1.82) is 0 Å². The molecule has 2 N–H and O–H groups in total. The van der Waals surface area contributed by atoms with Crippen LogP contribution in [0.15, 0.2) is 24.3 Å². The number of hydrogen-bond acceptors (Lipinski definition) is 3. The predicted octanol–water partition coefficient (Wildman–Crippen LogP) is 2.17. The molecule has 1 saturated heterocycles. The van der Waals surface area contributed by atoms with Gasteiger partial charge in [0.15, 0.2) is 0 Å². The number of carbonyl (C=O) groups is 1. The van der Waals surface area contributed by atoms with Gasteiger partial charge in [-0.25, -0.2) is 0 Å². The van der Waals surface area contributed by atoms with Crippen LogP contribution < -0.4 is 15.4 Å². The van der Waals surface area contributed by atoms with Gasteiger partial charge in [-0.15, -0.1) is 0 Å². The number of nitrogens with two attached hydrogens (primary N) is 1. The Morgan fingerprint density at radius 2 is 2.11 bits per heavy atom. The average Bonchev–Trinajstić information content (AvgIpc) is 2.65. The van der Waals surface area contributed by atoms with Crippen molar-refractivity contribution in [2.45, 2.75) is 39.3 Å². The van der Waals surface area contributed by atoms with Crippen molar-refractivity contribution in [3.05, 3.63) is 24.3 Å². The molecule has 0 saturated carbocycles. The standard InChI is InChI=1S/C15H22N2O2/c1-10(2)19-14-7-5-4-6-13(14)17-11(3)12(9-16)8-15(17)18/h4-7,10-12H,8-9,16H2,1-3H3. The van der Waals surface area contributed by atoms with E-state index in [1.54, 1.807) is 0 Å². The molecule has 0 bridgehead atoms. The summed E-state index contributed by atoms with van der Waals surface area (Å²) in [5, 5.41) is 0. The van der Waals surface area contributed by atoms with E-state index in [0.29, 0.717) is 13.0 Å². The molecule has 1 amide bonds. The van der Waals surface area contributed by atoms with Crippen LogP contribution in [0, 0.1) is 5.92 Å². The molecule has 4 nitrogen and oxygen atoms in total. The zero-order valence-electron chi connectivity index (χ0n) is 11.8. The maximum atomic E-state index is 12.2. The summed E-state index contributed by atoms with van der Waals surface area (Å²) in [6.45, 7) is 6.55. The van der Waals surface area contributed by atoms with Crippen molar-refractivity contribution in [3.8, 4) is 5.75 Å². The molecule has 1 aliphatic rings. The highest BCUT2D eigenvalue weighted by Gasteiger charge is 2.37. The average molecular weight is 262 g/mol. The normalized spacial score (nSPS) is 23.2. The van der Waals surface area contributed by atoms with Crippen molar-refractivity contribution in [2.24, 2.45) is 11.7 Å². The lowest BCUT2D eigenvalue weighted by Crippen LogP contribution is -2.35. The van der Waals surface area contributed by atoms with Gasteiger partial charge in [-0.1, -0.05) is 12.1 Å². The smallest absolute Gasteiger partial charge is 0.227 e. The topological polar surface area (TPSA) is 55.6 Å². The lowest BCUT2D eigenvalue weighted by molar-refractivity contribution is -0.117.